The smallest absolute Gasteiger partial charge is 0.163 e. The molecular weight excluding hydrogens is 198 g/mol. The lowest BCUT2D eigenvalue weighted by Gasteiger charge is -2.07. The Morgan fingerprint density at radius 3 is 2.94 bits per heavy atom. The predicted octanol–water partition coefficient (Wildman–Crippen LogP) is 3.42. The third kappa shape index (κ3) is 2.43. The topological polar surface area (TPSA) is 29.1 Å². The van der Waals surface area contributed by atoms with Crippen molar-refractivity contribution in [1.29, 1.82) is 0 Å². The van der Waals surface area contributed by atoms with Crippen molar-refractivity contribution in [3.63, 3.8) is 0 Å². The molecule has 1 aliphatic rings. The van der Waals surface area contributed by atoms with Gasteiger partial charge in [-0.05, 0) is 36.6 Å². The van der Waals surface area contributed by atoms with Gasteiger partial charge in [-0.25, -0.2) is 0 Å². The Hall–Kier alpha value is -1.31. The Labute approximate surface area is 97.1 Å². The highest BCUT2D eigenvalue weighted by Crippen LogP contribution is 2.24. The van der Waals surface area contributed by atoms with Crippen LogP contribution >= 0.6 is 0 Å². The molecule has 0 bridgehead atoms. The van der Waals surface area contributed by atoms with Crippen LogP contribution in [0.2, 0.25) is 0 Å². The number of fused-ring (bicyclic) bond motifs is 1. The lowest BCUT2D eigenvalue weighted by atomic mass is 10.1. The van der Waals surface area contributed by atoms with Gasteiger partial charge in [-0.1, -0.05) is 19.8 Å². The molecule has 1 aromatic rings. The van der Waals surface area contributed by atoms with E-state index in [2.05, 4.69) is 18.3 Å². The molecular formula is C14H19NO. The molecule has 2 heteroatoms. The van der Waals surface area contributed by atoms with Crippen molar-refractivity contribution in [2.24, 2.45) is 0 Å². The summed E-state index contributed by atoms with van der Waals surface area (Å²) in [6.07, 6.45) is 5.34. The molecule has 0 atom stereocenters. The molecule has 2 rings (SSSR count). The molecule has 86 valence electrons. The van der Waals surface area contributed by atoms with Gasteiger partial charge in [-0.2, -0.15) is 0 Å². The second kappa shape index (κ2) is 5.15. The van der Waals surface area contributed by atoms with Crippen molar-refractivity contribution in [2.75, 3.05) is 11.9 Å². The van der Waals surface area contributed by atoms with E-state index in [9.17, 15) is 4.79 Å². The second-order valence-electron chi connectivity index (χ2n) is 4.43. The zero-order valence-electron chi connectivity index (χ0n) is 9.88. The van der Waals surface area contributed by atoms with E-state index in [-0.39, 0.29) is 0 Å². The first-order chi connectivity index (χ1) is 7.81. The van der Waals surface area contributed by atoms with E-state index in [1.54, 1.807) is 0 Å². The van der Waals surface area contributed by atoms with Gasteiger partial charge in [0.1, 0.15) is 0 Å². The van der Waals surface area contributed by atoms with Crippen molar-refractivity contribution >= 4 is 11.5 Å². The van der Waals surface area contributed by atoms with Crippen LogP contribution in [0, 0.1) is 0 Å². The third-order valence-corrected chi connectivity index (χ3v) is 3.14. The minimum atomic E-state index is 0.299. The molecule has 0 fully saturated rings. The molecule has 16 heavy (non-hydrogen) atoms. The maximum Gasteiger partial charge on any atom is 0.163 e. The molecule has 1 aromatic carbocycles. The van der Waals surface area contributed by atoms with Gasteiger partial charge in [0, 0.05) is 24.2 Å². The number of unbranched alkanes of at least 4 members (excludes halogenated alkanes) is 2. The number of anilines is 1. The third-order valence-electron chi connectivity index (χ3n) is 3.14. The van der Waals surface area contributed by atoms with E-state index >= 15 is 0 Å². The fourth-order valence-electron chi connectivity index (χ4n) is 2.17. The zero-order valence-corrected chi connectivity index (χ0v) is 9.88. The van der Waals surface area contributed by atoms with E-state index < -0.39 is 0 Å². The summed E-state index contributed by atoms with van der Waals surface area (Å²) in [4.78, 5) is 11.5. The summed E-state index contributed by atoms with van der Waals surface area (Å²) >= 11 is 0. The summed E-state index contributed by atoms with van der Waals surface area (Å²) < 4.78 is 0. The minimum Gasteiger partial charge on any atom is -0.385 e. The van der Waals surface area contributed by atoms with Gasteiger partial charge in [0.15, 0.2) is 5.78 Å². The highest BCUT2D eigenvalue weighted by atomic mass is 16.1. The van der Waals surface area contributed by atoms with E-state index in [0.29, 0.717) is 12.2 Å². The fourth-order valence-corrected chi connectivity index (χ4v) is 2.17. The van der Waals surface area contributed by atoms with E-state index in [0.717, 1.165) is 24.2 Å². The largest absolute Gasteiger partial charge is 0.385 e. The standard InChI is InChI=1S/C14H19NO/c1-2-3-4-9-15-12-6-7-13-11(10-12)5-8-14(13)16/h6-7,10,15H,2-5,8-9H2,1H3. The molecule has 0 saturated heterocycles. The Morgan fingerprint density at radius 1 is 1.25 bits per heavy atom. The predicted molar refractivity (Wildman–Crippen MR) is 67.1 cm³/mol. The molecule has 0 amide bonds. The van der Waals surface area contributed by atoms with E-state index in [1.165, 1.54) is 24.8 Å². The van der Waals surface area contributed by atoms with E-state index in [1.807, 2.05) is 12.1 Å². The van der Waals surface area contributed by atoms with Gasteiger partial charge in [0.25, 0.3) is 0 Å². The molecule has 0 aromatic heterocycles. The Morgan fingerprint density at radius 2 is 2.12 bits per heavy atom. The van der Waals surface area contributed by atoms with Crippen LogP contribution in [0.15, 0.2) is 18.2 Å². The molecule has 1 aliphatic carbocycles. The summed E-state index contributed by atoms with van der Waals surface area (Å²) in [5.74, 6) is 0.299. The number of carbonyl (C=O) groups excluding carboxylic acids is 1. The van der Waals surface area contributed by atoms with Crippen molar-refractivity contribution < 1.29 is 4.79 Å². The summed E-state index contributed by atoms with van der Waals surface area (Å²) in [5.41, 5.74) is 3.30. The maximum absolute atomic E-state index is 11.5. The van der Waals surface area contributed by atoms with Gasteiger partial charge < -0.3 is 5.32 Å². The highest BCUT2D eigenvalue weighted by molar-refractivity contribution is 6.00. The first kappa shape index (κ1) is 11.2. The average Bonchev–Trinajstić information content (AvgIpc) is 2.66. The van der Waals surface area contributed by atoms with Crippen LogP contribution in [-0.4, -0.2) is 12.3 Å². The van der Waals surface area contributed by atoms with Gasteiger partial charge in [-0.3, -0.25) is 4.79 Å². The van der Waals surface area contributed by atoms with Crippen molar-refractivity contribution in [2.45, 2.75) is 39.0 Å². The summed E-state index contributed by atoms with van der Waals surface area (Å²) in [5, 5.41) is 3.41. The second-order valence-corrected chi connectivity index (χ2v) is 4.43. The zero-order chi connectivity index (χ0) is 11.4. The van der Waals surface area contributed by atoms with Crippen molar-refractivity contribution in [3.05, 3.63) is 29.3 Å². The summed E-state index contributed by atoms with van der Waals surface area (Å²) in [6, 6.07) is 6.12. The van der Waals surface area contributed by atoms with Crippen LogP contribution in [-0.2, 0) is 6.42 Å². The number of carbonyl (C=O) groups is 1. The molecule has 2 nitrogen and oxygen atoms in total. The molecule has 0 radical (unpaired) electrons. The number of ketones is 1. The molecule has 0 unspecified atom stereocenters. The SMILES string of the molecule is CCCCCNc1ccc2c(c1)CCC2=O. The molecule has 0 spiro atoms. The maximum atomic E-state index is 11.5. The fraction of sp³-hybridized carbons (Fsp3) is 0.500. The Balaban J connectivity index is 1.94. The van der Waals surface area contributed by atoms with Gasteiger partial charge in [-0.15, -0.1) is 0 Å². The quantitative estimate of drug-likeness (QED) is 0.766. The number of Topliss-reactive ketones (excluding diaryl/α,β-unsaturated/α-hetero) is 1. The van der Waals surface area contributed by atoms with Crippen LogP contribution in [0.1, 0.15) is 48.5 Å². The number of rotatable bonds is 5. The number of aryl methyl sites for hydroxylation is 1. The lowest BCUT2D eigenvalue weighted by molar-refractivity contribution is 0.0994. The van der Waals surface area contributed by atoms with Crippen LogP contribution in [0.5, 0.6) is 0 Å². The molecule has 0 heterocycles. The molecule has 0 aliphatic heterocycles. The number of nitrogens with one attached hydrogen (secondary N) is 1. The molecule has 0 saturated carbocycles. The van der Waals surface area contributed by atoms with E-state index in [4.69, 9.17) is 0 Å². The van der Waals surface area contributed by atoms with Gasteiger partial charge in [0.05, 0.1) is 0 Å². The molecule has 1 N–H and O–H groups in total. The summed E-state index contributed by atoms with van der Waals surface area (Å²) in [6.45, 7) is 3.24. The first-order valence-electron chi connectivity index (χ1n) is 6.21. The summed E-state index contributed by atoms with van der Waals surface area (Å²) in [7, 11) is 0. The highest BCUT2D eigenvalue weighted by Gasteiger charge is 2.18. The lowest BCUT2D eigenvalue weighted by Crippen LogP contribution is -2.02. The minimum absolute atomic E-state index is 0.299. The van der Waals surface area contributed by atoms with Crippen molar-refractivity contribution in [3.8, 4) is 0 Å². The number of benzene rings is 1. The van der Waals surface area contributed by atoms with Crippen LogP contribution in [0.25, 0.3) is 0 Å². The monoisotopic (exact) mass is 217 g/mol. The van der Waals surface area contributed by atoms with Gasteiger partial charge in [0.2, 0.25) is 0 Å². The van der Waals surface area contributed by atoms with Crippen molar-refractivity contribution in [1.82, 2.24) is 0 Å². The first-order valence-corrected chi connectivity index (χ1v) is 6.21. The normalized spacial score (nSPS) is 13.9. The number of hydrogen-bond acceptors (Lipinski definition) is 2. The average molecular weight is 217 g/mol. The number of hydrogen-bond donors (Lipinski definition) is 1. The Kier molecular flexibility index (Phi) is 3.60. The van der Waals surface area contributed by atoms with Crippen LogP contribution in [0.4, 0.5) is 5.69 Å². The van der Waals surface area contributed by atoms with Gasteiger partial charge >= 0.3 is 0 Å². The van der Waals surface area contributed by atoms with Crippen LogP contribution < -0.4 is 5.32 Å². The van der Waals surface area contributed by atoms with Crippen LogP contribution in [0.3, 0.4) is 0 Å². The Bertz CT molecular complexity index is 384.